The molecule has 0 aliphatic heterocycles. The molecule has 1 aromatic carbocycles. The maximum absolute atomic E-state index is 6.04. The van der Waals surface area contributed by atoms with E-state index >= 15 is 0 Å². The lowest BCUT2D eigenvalue weighted by atomic mass is 10.1. The van der Waals surface area contributed by atoms with E-state index in [1.807, 2.05) is 29.0 Å². The van der Waals surface area contributed by atoms with E-state index in [0.717, 1.165) is 11.3 Å². The Bertz CT molecular complexity index is 446. The van der Waals surface area contributed by atoms with Crippen LogP contribution in [0.5, 0.6) is 0 Å². The van der Waals surface area contributed by atoms with Crippen LogP contribution in [0, 0.1) is 0 Å². The number of imidazole rings is 1. The summed E-state index contributed by atoms with van der Waals surface area (Å²) < 4.78 is 2.02. The number of hydrogen-bond acceptors (Lipinski definition) is 1. The van der Waals surface area contributed by atoms with Crippen molar-refractivity contribution in [2.75, 3.05) is 0 Å². The summed E-state index contributed by atoms with van der Waals surface area (Å²) in [6.45, 7) is 4.19. The zero-order chi connectivity index (χ0) is 10.8. The molecule has 3 heteroatoms. The maximum atomic E-state index is 6.04. The third-order valence-corrected chi connectivity index (χ3v) is 2.62. The Labute approximate surface area is 94.5 Å². The van der Waals surface area contributed by atoms with Crippen LogP contribution in [0.3, 0.4) is 0 Å². The van der Waals surface area contributed by atoms with Crippen molar-refractivity contribution in [2.24, 2.45) is 0 Å². The molecule has 2 aromatic rings. The highest BCUT2D eigenvalue weighted by Gasteiger charge is 2.11. The summed E-state index contributed by atoms with van der Waals surface area (Å²) in [5, 5.41) is 0.545. The molecule has 0 aliphatic carbocycles. The van der Waals surface area contributed by atoms with E-state index < -0.39 is 0 Å². The number of halogens is 1. The fourth-order valence-electron chi connectivity index (χ4n) is 1.65. The van der Waals surface area contributed by atoms with Crippen LogP contribution >= 0.6 is 11.6 Å². The zero-order valence-corrected chi connectivity index (χ0v) is 9.57. The Morgan fingerprint density at radius 2 is 1.87 bits per heavy atom. The molecule has 1 aromatic heterocycles. The van der Waals surface area contributed by atoms with Crippen molar-refractivity contribution in [3.63, 3.8) is 0 Å². The van der Waals surface area contributed by atoms with Gasteiger partial charge in [-0.2, -0.15) is 0 Å². The highest BCUT2D eigenvalue weighted by Crippen LogP contribution is 2.26. The molecule has 0 amide bonds. The van der Waals surface area contributed by atoms with Crippen molar-refractivity contribution in [3.05, 3.63) is 41.8 Å². The quantitative estimate of drug-likeness (QED) is 0.753. The van der Waals surface area contributed by atoms with Crippen LogP contribution in [0.25, 0.3) is 11.3 Å². The average molecular weight is 221 g/mol. The molecule has 0 fully saturated rings. The summed E-state index contributed by atoms with van der Waals surface area (Å²) in [5.74, 6) is 0. The third-order valence-electron chi connectivity index (χ3n) is 2.34. The largest absolute Gasteiger partial charge is 0.312 e. The van der Waals surface area contributed by atoms with Gasteiger partial charge in [-0.05, 0) is 31.0 Å². The lowest BCUT2D eigenvalue weighted by Crippen LogP contribution is -2.02. The van der Waals surface area contributed by atoms with E-state index in [9.17, 15) is 0 Å². The average Bonchev–Trinajstić information content (AvgIpc) is 2.61. The third kappa shape index (κ3) is 1.90. The molecule has 0 N–H and O–H groups in total. The van der Waals surface area contributed by atoms with Gasteiger partial charge in [0.05, 0.1) is 11.9 Å². The van der Waals surface area contributed by atoms with Crippen LogP contribution in [0.2, 0.25) is 5.28 Å². The minimum Gasteiger partial charge on any atom is -0.312 e. The first-order valence-corrected chi connectivity index (χ1v) is 5.36. The Morgan fingerprint density at radius 3 is 2.47 bits per heavy atom. The van der Waals surface area contributed by atoms with Crippen molar-refractivity contribution in [2.45, 2.75) is 19.9 Å². The van der Waals surface area contributed by atoms with Crippen LogP contribution in [0.1, 0.15) is 19.9 Å². The second-order valence-electron chi connectivity index (χ2n) is 3.74. The predicted molar refractivity (Wildman–Crippen MR) is 63.1 cm³/mol. The van der Waals surface area contributed by atoms with E-state index in [-0.39, 0.29) is 0 Å². The fraction of sp³-hybridized carbons (Fsp3) is 0.250. The minimum atomic E-state index is 0.315. The number of benzene rings is 1. The monoisotopic (exact) mass is 220 g/mol. The molecule has 2 rings (SSSR count). The van der Waals surface area contributed by atoms with Crippen LogP contribution in [-0.2, 0) is 0 Å². The molecule has 0 bridgehead atoms. The van der Waals surface area contributed by atoms with Crippen molar-refractivity contribution in [1.29, 1.82) is 0 Å². The summed E-state index contributed by atoms with van der Waals surface area (Å²) in [5.41, 5.74) is 2.21. The smallest absolute Gasteiger partial charge is 0.203 e. The van der Waals surface area contributed by atoms with Crippen LogP contribution in [0.15, 0.2) is 36.5 Å². The Hall–Kier alpha value is -1.28. The Morgan fingerprint density at radius 1 is 1.20 bits per heavy atom. The van der Waals surface area contributed by atoms with E-state index in [0.29, 0.717) is 11.3 Å². The SMILES string of the molecule is CC(C)n1c(-c2ccccc2)cnc1Cl. The summed E-state index contributed by atoms with van der Waals surface area (Å²) in [6, 6.07) is 10.5. The van der Waals surface area contributed by atoms with E-state index in [1.54, 1.807) is 0 Å². The number of rotatable bonds is 2. The van der Waals surface area contributed by atoms with Crippen LogP contribution in [-0.4, -0.2) is 9.55 Å². The molecular weight excluding hydrogens is 208 g/mol. The first-order chi connectivity index (χ1) is 7.20. The van der Waals surface area contributed by atoms with Gasteiger partial charge in [0.1, 0.15) is 0 Å². The summed E-state index contributed by atoms with van der Waals surface area (Å²) >= 11 is 6.04. The molecule has 2 nitrogen and oxygen atoms in total. The van der Waals surface area contributed by atoms with Gasteiger partial charge in [0.15, 0.2) is 0 Å². The molecule has 0 spiro atoms. The summed E-state index contributed by atoms with van der Waals surface area (Å²) in [4.78, 5) is 4.14. The Balaban J connectivity index is 2.54. The van der Waals surface area contributed by atoms with Gasteiger partial charge in [-0.15, -0.1) is 0 Å². The van der Waals surface area contributed by atoms with Gasteiger partial charge in [-0.1, -0.05) is 30.3 Å². The Kier molecular flexibility index (Phi) is 2.78. The molecule has 0 unspecified atom stereocenters. The van der Waals surface area contributed by atoms with Crippen molar-refractivity contribution in [3.8, 4) is 11.3 Å². The van der Waals surface area contributed by atoms with Gasteiger partial charge in [0.2, 0.25) is 5.28 Å². The normalized spacial score (nSPS) is 10.9. The van der Waals surface area contributed by atoms with Crippen molar-refractivity contribution in [1.82, 2.24) is 9.55 Å². The molecule has 1 heterocycles. The topological polar surface area (TPSA) is 17.8 Å². The second-order valence-corrected chi connectivity index (χ2v) is 4.08. The van der Waals surface area contributed by atoms with Gasteiger partial charge in [-0.25, -0.2) is 4.98 Å². The van der Waals surface area contributed by atoms with E-state index in [4.69, 9.17) is 11.6 Å². The standard InChI is InChI=1S/C12H13ClN2/c1-9(2)15-11(8-14-12(15)13)10-6-4-3-5-7-10/h3-9H,1-2H3. The lowest BCUT2D eigenvalue weighted by Gasteiger charge is -2.12. The summed E-state index contributed by atoms with van der Waals surface area (Å²) in [7, 11) is 0. The van der Waals surface area contributed by atoms with Crippen molar-refractivity contribution >= 4 is 11.6 Å². The van der Waals surface area contributed by atoms with E-state index in [1.165, 1.54) is 0 Å². The molecule has 0 radical (unpaired) electrons. The molecule has 15 heavy (non-hydrogen) atoms. The molecule has 0 saturated carbocycles. The fourth-order valence-corrected chi connectivity index (χ4v) is 1.99. The van der Waals surface area contributed by atoms with Gasteiger partial charge in [0, 0.05) is 6.04 Å². The number of hydrogen-bond donors (Lipinski definition) is 0. The first-order valence-electron chi connectivity index (χ1n) is 4.98. The molecule has 0 aliphatic rings. The zero-order valence-electron chi connectivity index (χ0n) is 8.81. The second kappa shape index (κ2) is 4.07. The molecule has 0 atom stereocenters. The van der Waals surface area contributed by atoms with Crippen molar-refractivity contribution < 1.29 is 0 Å². The summed E-state index contributed by atoms with van der Waals surface area (Å²) in [6.07, 6.45) is 1.82. The first kappa shape index (κ1) is 10.2. The van der Waals surface area contributed by atoms with Crippen LogP contribution in [0.4, 0.5) is 0 Å². The maximum Gasteiger partial charge on any atom is 0.203 e. The number of nitrogens with zero attached hydrogens (tertiary/aromatic N) is 2. The minimum absolute atomic E-state index is 0.315. The predicted octanol–water partition coefficient (Wildman–Crippen LogP) is 3.78. The van der Waals surface area contributed by atoms with Gasteiger partial charge in [0.25, 0.3) is 0 Å². The van der Waals surface area contributed by atoms with Gasteiger partial charge < -0.3 is 4.57 Å². The lowest BCUT2D eigenvalue weighted by molar-refractivity contribution is 0.606. The van der Waals surface area contributed by atoms with Gasteiger partial charge in [-0.3, -0.25) is 0 Å². The highest BCUT2D eigenvalue weighted by atomic mass is 35.5. The van der Waals surface area contributed by atoms with E-state index in [2.05, 4.69) is 31.0 Å². The van der Waals surface area contributed by atoms with Gasteiger partial charge >= 0.3 is 0 Å². The number of aromatic nitrogens is 2. The molecular formula is C12H13ClN2. The highest BCUT2D eigenvalue weighted by molar-refractivity contribution is 6.28. The molecule has 78 valence electrons. The van der Waals surface area contributed by atoms with Crippen LogP contribution < -0.4 is 0 Å². The molecule has 0 saturated heterocycles.